The summed E-state index contributed by atoms with van der Waals surface area (Å²) >= 11 is 0. The number of unbranched alkanes of at least 4 members (excludes halogenated alkanes) is 1. The lowest BCUT2D eigenvalue weighted by Crippen LogP contribution is -2.41. The van der Waals surface area contributed by atoms with Crippen LogP contribution in [-0.2, 0) is 9.59 Å². The summed E-state index contributed by atoms with van der Waals surface area (Å²) in [5.41, 5.74) is 2.81. The van der Waals surface area contributed by atoms with E-state index in [9.17, 15) is 9.59 Å². The third-order valence-electron chi connectivity index (χ3n) is 3.92. The molecule has 0 fully saturated rings. The van der Waals surface area contributed by atoms with Crippen LogP contribution in [-0.4, -0.2) is 29.8 Å². The molecule has 0 unspecified atom stereocenters. The van der Waals surface area contributed by atoms with Crippen molar-refractivity contribution in [2.75, 3.05) is 18.4 Å². The maximum absolute atomic E-state index is 12.4. The summed E-state index contributed by atoms with van der Waals surface area (Å²) in [4.78, 5) is 26.5. The highest BCUT2D eigenvalue weighted by atomic mass is 16.2. The lowest BCUT2D eigenvalue weighted by molar-refractivity contribution is -0.143. The van der Waals surface area contributed by atoms with Crippen molar-refractivity contribution in [2.45, 2.75) is 59.8 Å². The Balaban J connectivity index is 2.91. The highest BCUT2D eigenvalue weighted by Gasteiger charge is 2.22. The summed E-state index contributed by atoms with van der Waals surface area (Å²) in [6.45, 7) is 11.5. The minimum Gasteiger partial charge on any atom is -0.334 e. The molecule has 0 radical (unpaired) electrons. The predicted molar refractivity (Wildman–Crippen MR) is 95.7 cm³/mol. The van der Waals surface area contributed by atoms with Crippen molar-refractivity contribution < 1.29 is 9.59 Å². The number of carbonyl (C=O) groups excluding carboxylic acids is 2. The third-order valence-corrected chi connectivity index (χ3v) is 3.92. The van der Waals surface area contributed by atoms with E-state index >= 15 is 0 Å². The number of aryl methyl sites for hydroxylation is 1. The van der Waals surface area contributed by atoms with Crippen LogP contribution in [0.25, 0.3) is 0 Å². The second kappa shape index (κ2) is 9.33. The average molecular weight is 318 g/mol. The van der Waals surface area contributed by atoms with Gasteiger partial charge in [-0.05, 0) is 36.8 Å². The van der Waals surface area contributed by atoms with Crippen molar-refractivity contribution in [3.8, 4) is 0 Å². The molecule has 0 heterocycles. The van der Waals surface area contributed by atoms with Crippen molar-refractivity contribution >= 4 is 17.5 Å². The quantitative estimate of drug-likeness (QED) is 0.770. The zero-order chi connectivity index (χ0) is 17.4. The molecule has 0 saturated heterocycles. The monoisotopic (exact) mass is 318 g/mol. The average Bonchev–Trinajstić information content (AvgIpc) is 2.52. The minimum absolute atomic E-state index is 0.284. The van der Waals surface area contributed by atoms with Crippen LogP contribution in [0.3, 0.4) is 0 Å². The topological polar surface area (TPSA) is 49.4 Å². The van der Waals surface area contributed by atoms with Crippen molar-refractivity contribution in [1.82, 2.24) is 4.90 Å². The molecule has 0 bridgehead atoms. The van der Waals surface area contributed by atoms with Crippen LogP contribution in [0.15, 0.2) is 18.2 Å². The normalized spacial score (nSPS) is 10.7. The smallest absolute Gasteiger partial charge is 0.313 e. The molecule has 1 aromatic rings. The molecule has 2 amide bonds. The molecule has 1 aromatic carbocycles. The fraction of sp³-hybridized carbons (Fsp3) is 0.579. The molecule has 1 N–H and O–H groups in total. The molecule has 0 aromatic heterocycles. The van der Waals surface area contributed by atoms with E-state index in [0.717, 1.165) is 36.1 Å². The Labute approximate surface area is 140 Å². The number of hydrogen-bond acceptors (Lipinski definition) is 2. The number of nitrogens with one attached hydrogen (secondary N) is 1. The number of hydrogen-bond donors (Lipinski definition) is 1. The van der Waals surface area contributed by atoms with Crippen LogP contribution in [0, 0.1) is 6.92 Å². The largest absolute Gasteiger partial charge is 0.334 e. The van der Waals surface area contributed by atoms with Crippen molar-refractivity contribution in [1.29, 1.82) is 0 Å². The van der Waals surface area contributed by atoms with Gasteiger partial charge in [-0.15, -0.1) is 0 Å². The Hall–Kier alpha value is -1.84. The van der Waals surface area contributed by atoms with E-state index < -0.39 is 11.8 Å². The van der Waals surface area contributed by atoms with Crippen LogP contribution in [0.5, 0.6) is 0 Å². The lowest BCUT2D eigenvalue weighted by Gasteiger charge is -2.22. The van der Waals surface area contributed by atoms with Crippen molar-refractivity contribution in [3.63, 3.8) is 0 Å². The number of amides is 2. The summed E-state index contributed by atoms with van der Waals surface area (Å²) in [6, 6.07) is 5.93. The van der Waals surface area contributed by atoms with Gasteiger partial charge < -0.3 is 10.2 Å². The summed E-state index contributed by atoms with van der Waals surface area (Å²) in [5.74, 6) is -0.684. The molecular formula is C19H30N2O2. The molecule has 0 aliphatic heterocycles. The Morgan fingerprint density at radius 1 is 1.13 bits per heavy atom. The molecule has 1 rings (SSSR count). The summed E-state index contributed by atoms with van der Waals surface area (Å²) in [7, 11) is 0. The van der Waals surface area contributed by atoms with Gasteiger partial charge >= 0.3 is 11.8 Å². The van der Waals surface area contributed by atoms with Gasteiger partial charge in [0.15, 0.2) is 0 Å². The van der Waals surface area contributed by atoms with Crippen LogP contribution in [0.1, 0.15) is 64.0 Å². The number of carbonyl (C=O) groups is 2. The van der Waals surface area contributed by atoms with Crippen LogP contribution in [0.4, 0.5) is 5.69 Å². The first-order valence-electron chi connectivity index (χ1n) is 8.62. The Kier molecular flexibility index (Phi) is 7.79. The first kappa shape index (κ1) is 19.2. The second-order valence-corrected chi connectivity index (χ2v) is 6.29. The second-order valence-electron chi connectivity index (χ2n) is 6.29. The lowest BCUT2D eigenvalue weighted by atomic mass is 9.98. The molecule has 0 aliphatic carbocycles. The molecule has 128 valence electrons. The van der Waals surface area contributed by atoms with Gasteiger partial charge in [0.25, 0.3) is 0 Å². The maximum Gasteiger partial charge on any atom is 0.313 e. The molecule has 23 heavy (non-hydrogen) atoms. The SMILES string of the molecule is CCCCN(CCC)C(=O)C(=O)Nc1c(C)cccc1C(C)C. The maximum atomic E-state index is 12.4. The zero-order valence-corrected chi connectivity index (χ0v) is 15.1. The van der Waals surface area contributed by atoms with Gasteiger partial charge in [0, 0.05) is 18.8 Å². The van der Waals surface area contributed by atoms with E-state index in [-0.39, 0.29) is 5.92 Å². The van der Waals surface area contributed by atoms with Crippen molar-refractivity contribution in [2.24, 2.45) is 0 Å². The van der Waals surface area contributed by atoms with Gasteiger partial charge in [0.1, 0.15) is 0 Å². The summed E-state index contributed by atoms with van der Waals surface area (Å²) in [6.07, 6.45) is 2.77. The molecule has 4 heteroatoms. The summed E-state index contributed by atoms with van der Waals surface area (Å²) < 4.78 is 0. The zero-order valence-electron chi connectivity index (χ0n) is 15.1. The highest BCUT2D eigenvalue weighted by Crippen LogP contribution is 2.27. The number of anilines is 1. The van der Waals surface area contributed by atoms with E-state index in [1.165, 1.54) is 0 Å². The summed E-state index contributed by atoms with van der Waals surface area (Å²) in [5, 5.41) is 2.85. The molecule has 0 aliphatic rings. The van der Waals surface area contributed by atoms with Gasteiger partial charge in [-0.1, -0.05) is 52.3 Å². The fourth-order valence-electron chi connectivity index (χ4n) is 2.59. The first-order chi connectivity index (χ1) is 10.9. The Bertz CT molecular complexity index is 538. The standard InChI is InChI=1S/C19H30N2O2/c1-6-8-13-21(12-7-2)19(23)18(22)20-17-15(5)10-9-11-16(17)14(3)4/h9-11,14H,6-8,12-13H2,1-5H3,(H,20,22). The highest BCUT2D eigenvalue weighted by molar-refractivity contribution is 6.39. The molecule has 0 spiro atoms. The van der Waals surface area contributed by atoms with E-state index in [1.807, 2.05) is 32.0 Å². The fourth-order valence-corrected chi connectivity index (χ4v) is 2.59. The van der Waals surface area contributed by atoms with Crippen LogP contribution >= 0.6 is 0 Å². The van der Waals surface area contributed by atoms with E-state index in [0.29, 0.717) is 13.1 Å². The third kappa shape index (κ3) is 5.38. The predicted octanol–water partition coefficient (Wildman–Crippen LogP) is 4.10. The molecule has 4 nitrogen and oxygen atoms in total. The number of nitrogens with zero attached hydrogens (tertiary/aromatic N) is 1. The molecular weight excluding hydrogens is 288 g/mol. The van der Waals surface area contributed by atoms with Gasteiger partial charge in [-0.25, -0.2) is 0 Å². The van der Waals surface area contributed by atoms with E-state index in [1.54, 1.807) is 4.90 Å². The Morgan fingerprint density at radius 2 is 1.83 bits per heavy atom. The van der Waals surface area contributed by atoms with Gasteiger partial charge in [-0.3, -0.25) is 9.59 Å². The van der Waals surface area contributed by atoms with Gasteiger partial charge in [0.05, 0.1) is 0 Å². The first-order valence-corrected chi connectivity index (χ1v) is 8.62. The number of benzene rings is 1. The number of para-hydroxylation sites is 1. The van der Waals surface area contributed by atoms with Crippen LogP contribution < -0.4 is 5.32 Å². The van der Waals surface area contributed by atoms with Crippen molar-refractivity contribution in [3.05, 3.63) is 29.3 Å². The van der Waals surface area contributed by atoms with Gasteiger partial charge in [0.2, 0.25) is 0 Å². The van der Waals surface area contributed by atoms with Gasteiger partial charge in [-0.2, -0.15) is 0 Å². The van der Waals surface area contributed by atoms with E-state index in [4.69, 9.17) is 0 Å². The van der Waals surface area contributed by atoms with Crippen LogP contribution in [0.2, 0.25) is 0 Å². The molecule has 0 saturated carbocycles. The number of rotatable bonds is 7. The minimum atomic E-state index is -0.536. The Morgan fingerprint density at radius 3 is 2.39 bits per heavy atom. The van der Waals surface area contributed by atoms with E-state index in [2.05, 4.69) is 26.1 Å². The molecule has 0 atom stereocenters.